The number of thiazole rings is 1. The molecule has 1 fully saturated rings. The first kappa shape index (κ1) is 16.2. The monoisotopic (exact) mass is 311 g/mol. The lowest BCUT2D eigenvalue weighted by Crippen LogP contribution is -2.36. The van der Waals surface area contributed by atoms with Gasteiger partial charge in [0.15, 0.2) is 0 Å². The van der Waals surface area contributed by atoms with E-state index in [0.717, 1.165) is 38.3 Å². The van der Waals surface area contributed by atoms with Crippen molar-refractivity contribution in [3.05, 3.63) is 16.1 Å². The fourth-order valence-corrected chi connectivity index (χ4v) is 3.12. The van der Waals surface area contributed by atoms with Gasteiger partial charge in [0.1, 0.15) is 5.60 Å². The number of likely N-dealkylation sites (tertiary alicyclic amines) is 1. The van der Waals surface area contributed by atoms with Gasteiger partial charge in [-0.3, -0.25) is 0 Å². The maximum atomic E-state index is 12.0. The fraction of sp³-hybridized carbons (Fsp3) is 0.733. The molecule has 1 N–H and O–H groups in total. The number of nitrogens with zero attached hydrogens (tertiary/aromatic N) is 2. The summed E-state index contributed by atoms with van der Waals surface area (Å²) in [4.78, 5) is 19.3. The van der Waals surface area contributed by atoms with Gasteiger partial charge in [-0.15, -0.1) is 11.3 Å². The zero-order chi connectivity index (χ0) is 15.5. The minimum absolute atomic E-state index is 0.191. The molecule has 1 saturated heterocycles. The SMILES string of the molecule is Cc1ncsc1CNCC1CCN(C(=O)OC(C)(C)C)C1. The average molecular weight is 311 g/mol. The maximum Gasteiger partial charge on any atom is 0.410 e. The second-order valence-electron chi connectivity index (χ2n) is 6.57. The van der Waals surface area contributed by atoms with Crippen molar-refractivity contribution in [1.82, 2.24) is 15.2 Å². The summed E-state index contributed by atoms with van der Waals surface area (Å²) >= 11 is 1.69. The van der Waals surface area contributed by atoms with Crippen LogP contribution in [-0.4, -0.2) is 41.2 Å². The highest BCUT2D eigenvalue weighted by Gasteiger charge is 2.29. The molecule has 118 valence electrons. The highest BCUT2D eigenvalue weighted by atomic mass is 32.1. The zero-order valence-electron chi connectivity index (χ0n) is 13.3. The molecule has 0 radical (unpaired) electrons. The van der Waals surface area contributed by atoms with Gasteiger partial charge in [-0.1, -0.05) is 0 Å². The number of aryl methyl sites for hydroxylation is 1. The summed E-state index contributed by atoms with van der Waals surface area (Å²) in [5.74, 6) is 0.505. The van der Waals surface area contributed by atoms with Gasteiger partial charge in [-0.2, -0.15) is 0 Å². The van der Waals surface area contributed by atoms with Crippen LogP contribution in [0.1, 0.15) is 37.8 Å². The van der Waals surface area contributed by atoms with Crippen LogP contribution < -0.4 is 5.32 Å². The Morgan fingerprint density at radius 3 is 2.95 bits per heavy atom. The summed E-state index contributed by atoms with van der Waals surface area (Å²) in [5.41, 5.74) is 2.57. The molecule has 1 unspecified atom stereocenters. The van der Waals surface area contributed by atoms with Gasteiger partial charge in [-0.25, -0.2) is 9.78 Å². The average Bonchev–Trinajstić information content (AvgIpc) is 2.97. The molecule has 2 heterocycles. The largest absolute Gasteiger partial charge is 0.444 e. The summed E-state index contributed by atoms with van der Waals surface area (Å²) in [6.45, 7) is 11.1. The summed E-state index contributed by atoms with van der Waals surface area (Å²) in [6.07, 6.45) is 0.844. The summed E-state index contributed by atoms with van der Waals surface area (Å²) in [7, 11) is 0. The van der Waals surface area contributed by atoms with Crippen LogP contribution in [0.5, 0.6) is 0 Å². The summed E-state index contributed by atoms with van der Waals surface area (Å²) in [6, 6.07) is 0. The quantitative estimate of drug-likeness (QED) is 0.929. The smallest absolute Gasteiger partial charge is 0.410 e. The van der Waals surface area contributed by atoms with Gasteiger partial charge >= 0.3 is 6.09 Å². The summed E-state index contributed by atoms with van der Waals surface area (Å²) < 4.78 is 5.41. The van der Waals surface area contributed by atoms with Crippen molar-refractivity contribution in [1.29, 1.82) is 0 Å². The second-order valence-corrected chi connectivity index (χ2v) is 7.51. The van der Waals surface area contributed by atoms with Crippen LogP contribution in [0.15, 0.2) is 5.51 Å². The fourth-order valence-electron chi connectivity index (χ4n) is 2.38. The topological polar surface area (TPSA) is 54.5 Å². The molecule has 1 aromatic rings. The van der Waals surface area contributed by atoms with E-state index in [9.17, 15) is 4.79 Å². The second kappa shape index (κ2) is 6.75. The Hall–Kier alpha value is -1.14. The normalized spacial score (nSPS) is 19.0. The molecule has 5 nitrogen and oxygen atoms in total. The third kappa shape index (κ3) is 4.97. The molecule has 21 heavy (non-hydrogen) atoms. The van der Waals surface area contributed by atoms with E-state index >= 15 is 0 Å². The Bertz CT molecular complexity index is 482. The van der Waals surface area contributed by atoms with E-state index in [1.165, 1.54) is 4.88 Å². The van der Waals surface area contributed by atoms with Crippen LogP contribution in [0.25, 0.3) is 0 Å². The number of hydrogen-bond donors (Lipinski definition) is 1. The number of ether oxygens (including phenoxy) is 1. The third-order valence-electron chi connectivity index (χ3n) is 3.50. The van der Waals surface area contributed by atoms with Crippen molar-refractivity contribution in [2.75, 3.05) is 19.6 Å². The van der Waals surface area contributed by atoms with Crippen LogP contribution in [0.2, 0.25) is 0 Å². The molecule has 1 aliphatic rings. The minimum Gasteiger partial charge on any atom is -0.444 e. The Morgan fingerprint density at radius 2 is 2.33 bits per heavy atom. The summed E-state index contributed by atoms with van der Waals surface area (Å²) in [5, 5.41) is 3.47. The van der Waals surface area contributed by atoms with Crippen LogP contribution in [0.4, 0.5) is 4.79 Å². The first-order chi connectivity index (χ1) is 9.85. The molecule has 1 amide bonds. The first-order valence-corrected chi connectivity index (χ1v) is 8.31. The zero-order valence-corrected chi connectivity index (χ0v) is 14.1. The predicted molar refractivity (Wildman–Crippen MR) is 84.5 cm³/mol. The van der Waals surface area contributed by atoms with Gasteiger partial charge in [0, 0.05) is 31.1 Å². The molecular weight excluding hydrogens is 286 g/mol. The van der Waals surface area contributed by atoms with Gasteiger partial charge < -0.3 is 15.0 Å². The van der Waals surface area contributed by atoms with E-state index < -0.39 is 5.60 Å². The molecule has 6 heteroatoms. The molecule has 0 saturated carbocycles. The van der Waals surface area contributed by atoms with Crippen molar-refractivity contribution in [2.24, 2.45) is 5.92 Å². The van der Waals surface area contributed by atoms with Gasteiger partial charge in [-0.05, 0) is 40.0 Å². The Labute approximate surface area is 130 Å². The van der Waals surface area contributed by atoms with E-state index in [4.69, 9.17) is 4.74 Å². The van der Waals surface area contributed by atoms with Crippen LogP contribution in [0, 0.1) is 12.8 Å². The number of aromatic nitrogens is 1. The number of rotatable bonds is 4. The standard InChI is InChI=1S/C15H25N3O2S/c1-11-13(21-10-17-11)8-16-7-12-5-6-18(9-12)14(19)20-15(2,3)4/h10,12,16H,5-9H2,1-4H3. The van der Waals surface area contributed by atoms with E-state index in [-0.39, 0.29) is 6.09 Å². The number of hydrogen-bond acceptors (Lipinski definition) is 5. The van der Waals surface area contributed by atoms with Crippen LogP contribution in [-0.2, 0) is 11.3 Å². The van der Waals surface area contributed by atoms with E-state index in [0.29, 0.717) is 5.92 Å². The highest BCUT2D eigenvalue weighted by Crippen LogP contribution is 2.19. The molecule has 0 bridgehead atoms. The van der Waals surface area contributed by atoms with E-state index in [1.54, 1.807) is 11.3 Å². The van der Waals surface area contributed by atoms with Crippen LogP contribution >= 0.6 is 11.3 Å². The van der Waals surface area contributed by atoms with Crippen molar-refractivity contribution in [3.63, 3.8) is 0 Å². The molecule has 1 aromatic heterocycles. The Balaban J connectivity index is 1.70. The number of nitrogens with one attached hydrogen (secondary N) is 1. The predicted octanol–water partition coefficient (Wildman–Crippen LogP) is 2.80. The van der Waals surface area contributed by atoms with Crippen molar-refractivity contribution in [3.8, 4) is 0 Å². The van der Waals surface area contributed by atoms with Crippen LogP contribution in [0.3, 0.4) is 0 Å². The maximum absolute atomic E-state index is 12.0. The van der Waals surface area contributed by atoms with Gasteiger partial charge in [0.25, 0.3) is 0 Å². The Kier molecular flexibility index (Phi) is 5.22. The Morgan fingerprint density at radius 1 is 1.57 bits per heavy atom. The lowest BCUT2D eigenvalue weighted by Gasteiger charge is -2.24. The highest BCUT2D eigenvalue weighted by molar-refractivity contribution is 7.09. The molecule has 2 rings (SSSR count). The molecular formula is C15H25N3O2S. The molecule has 0 aliphatic carbocycles. The lowest BCUT2D eigenvalue weighted by atomic mass is 10.1. The molecule has 0 aromatic carbocycles. The van der Waals surface area contributed by atoms with Crippen molar-refractivity contribution < 1.29 is 9.53 Å². The van der Waals surface area contributed by atoms with Crippen molar-refractivity contribution in [2.45, 2.75) is 46.3 Å². The van der Waals surface area contributed by atoms with Gasteiger partial charge in [0.2, 0.25) is 0 Å². The van der Waals surface area contributed by atoms with E-state index in [2.05, 4.69) is 10.3 Å². The van der Waals surface area contributed by atoms with Gasteiger partial charge in [0.05, 0.1) is 11.2 Å². The third-order valence-corrected chi connectivity index (χ3v) is 4.44. The first-order valence-electron chi connectivity index (χ1n) is 7.43. The molecule has 0 spiro atoms. The molecule has 1 aliphatic heterocycles. The number of carbonyl (C=O) groups excluding carboxylic acids is 1. The number of amides is 1. The minimum atomic E-state index is -0.420. The number of carbonyl (C=O) groups is 1. The molecule has 1 atom stereocenters. The lowest BCUT2D eigenvalue weighted by molar-refractivity contribution is 0.0288. The van der Waals surface area contributed by atoms with Crippen molar-refractivity contribution >= 4 is 17.4 Å². The van der Waals surface area contributed by atoms with E-state index in [1.807, 2.05) is 38.1 Å².